The van der Waals surface area contributed by atoms with Crippen molar-refractivity contribution in [2.24, 2.45) is 0 Å². The average molecular weight is 517 g/mol. The number of tetrazole rings is 1. The third-order valence-electron chi connectivity index (χ3n) is 6.39. The fraction of sp³-hybridized carbons (Fsp3) is 0.286. The van der Waals surface area contributed by atoms with Crippen LogP contribution in [0.4, 0.5) is 0 Å². The second kappa shape index (κ2) is 9.95. The molecule has 3 aromatic heterocycles. The quantitative estimate of drug-likeness (QED) is 0.302. The Balaban J connectivity index is 1.73. The molecule has 0 bridgehead atoms. The van der Waals surface area contributed by atoms with Gasteiger partial charge in [-0.15, -0.1) is 5.10 Å². The Morgan fingerprint density at radius 2 is 1.86 bits per heavy atom. The average Bonchev–Trinajstić information content (AvgIpc) is 3.54. The molecule has 0 saturated carbocycles. The molecule has 0 saturated heterocycles. The summed E-state index contributed by atoms with van der Waals surface area (Å²) in [6.45, 7) is 9.03. The number of hydrogen-bond donors (Lipinski definition) is 1. The van der Waals surface area contributed by atoms with Crippen LogP contribution in [0.3, 0.4) is 0 Å². The van der Waals surface area contributed by atoms with Crippen molar-refractivity contribution in [1.29, 1.82) is 0 Å². The summed E-state index contributed by atoms with van der Waals surface area (Å²) in [7, 11) is 0. The van der Waals surface area contributed by atoms with E-state index < -0.39 is 11.6 Å². The number of furan rings is 1. The maximum Gasteiger partial charge on any atom is 0.253 e. The highest BCUT2D eigenvalue weighted by Crippen LogP contribution is 2.32. The molecule has 0 unspecified atom stereocenters. The van der Waals surface area contributed by atoms with Gasteiger partial charge >= 0.3 is 0 Å². The third-order valence-corrected chi connectivity index (χ3v) is 6.64. The van der Waals surface area contributed by atoms with Crippen LogP contribution < -0.4 is 5.56 Å². The molecule has 190 valence electrons. The smallest absolute Gasteiger partial charge is 0.253 e. The van der Waals surface area contributed by atoms with E-state index in [1.165, 1.54) is 0 Å². The lowest BCUT2D eigenvalue weighted by molar-refractivity contribution is 0.171. The van der Waals surface area contributed by atoms with E-state index in [0.717, 1.165) is 27.8 Å². The van der Waals surface area contributed by atoms with Gasteiger partial charge in [0.25, 0.3) is 5.56 Å². The summed E-state index contributed by atoms with van der Waals surface area (Å²) < 4.78 is 7.52. The summed E-state index contributed by atoms with van der Waals surface area (Å²) in [5.74, 6) is 1.34. The van der Waals surface area contributed by atoms with Crippen LogP contribution in [0.1, 0.15) is 55.1 Å². The van der Waals surface area contributed by atoms with Crippen LogP contribution in [-0.4, -0.2) is 30.1 Å². The summed E-state index contributed by atoms with van der Waals surface area (Å²) in [5, 5.41) is 14.4. The minimum atomic E-state index is -0.566. The lowest BCUT2D eigenvalue weighted by Crippen LogP contribution is -2.37. The van der Waals surface area contributed by atoms with Gasteiger partial charge in [0.1, 0.15) is 11.8 Å². The van der Waals surface area contributed by atoms with Gasteiger partial charge in [-0.3, -0.25) is 9.69 Å². The maximum absolute atomic E-state index is 13.7. The SMILES string of the molecule is Cc1cccc2cc([C@@H](c3nnnn3C(C)(C)C)N(Cc3ccc(Cl)cc3)Cc3ccco3)c(=O)[nH]c12. The Kier molecular flexibility index (Phi) is 6.70. The number of halogens is 1. The first kappa shape index (κ1) is 24.9. The highest BCUT2D eigenvalue weighted by atomic mass is 35.5. The van der Waals surface area contributed by atoms with E-state index in [-0.39, 0.29) is 5.56 Å². The van der Waals surface area contributed by atoms with Gasteiger partial charge in [-0.1, -0.05) is 41.9 Å². The van der Waals surface area contributed by atoms with Crippen LogP contribution in [-0.2, 0) is 18.6 Å². The number of rotatable bonds is 7. The number of aryl methyl sites for hydroxylation is 1. The summed E-state index contributed by atoms with van der Waals surface area (Å²) in [4.78, 5) is 19.0. The van der Waals surface area contributed by atoms with Crippen LogP contribution in [0.5, 0.6) is 0 Å². The molecule has 37 heavy (non-hydrogen) atoms. The molecule has 0 fully saturated rings. The zero-order chi connectivity index (χ0) is 26.2. The van der Waals surface area contributed by atoms with Crippen LogP contribution in [0.15, 0.2) is 76.1 Å². The van der Waals surface area contributed by atoms with E-state index in [0.29, 0.717) is 29.5 Å². The monoisotopic (exact) mass is 516 g/mol. The normalized spacial score (nSPS) is 12.9. The molecule has 0 amide bonds. The van der Waals surface area contributed by atoms with Gasteiger partial charge < -0.3 is 9.40 Å². The number of nitrogens with zero attached hydrogens (tertiary/aromatic N) is 5. The Morgan fingerprint density at radius 1 is 1.08 bits per heavy atom. The summed E-state index contributed by atoms with van der Waals surface area (Å²) in [6.07, 6.45) is 1.65. The number of fused-ring (bicyclic) bond motifs is 1. The molecule has 2 aromatic carbocycles. The predicted molar refractivity (Wildman–Crippen MR) is 143 cm³/mol. The first-order chi connectivity index (χ1) is 17.7. The minimum absolute atomic E-state index is 0.184. The van der Waals surface area contributed by atoms with E-state index in [9.17, 15) is 4.79 Å². The van der Waals surface area contributed by atoms with Crippen LogP contribution in [0.2, 0.25) is 5.02 Å². The lowest BCUT2D eigenvalue weighted by atomic mass is 10.00. The van der Waals surface area contributed by atoms with Gasteiger partial charge in [0.15, 0.2) is 5.82 Å². The fourth-order valence-corrected chi connectivity index (χ4v) is 4.74. The van der Waals surface area contributed by atoms with E-state index in [4.69, 9.17) is 16.0 Å². The molecule has 8 nitrogen and oxygen atoms in total. The van der Waals surface area contributed by atoms with E-state index in [1.807, 2.05) is 88.4 Å². The highest BCUT2D eigenvalue weighted by molar-refractivity contribution is 6.30. The molecule has 5 rings (SSSR count). The van der Waals surface area contributed by atoms with Crippen molar-refractivity contribution in [2.75, 3.05) is 0 Å². The van der Waals surface area contributed by atoms with Gasteiger partial charge in [-0.2, -0.15) is 0 Å². The number of para-hydroxylation sites is 1. The first-order valence-electron chi connectivity index (χ1n) is 12.1. The largest absolute Gasteiger partial charge is 0.468 e. The van der Waals surface area contributed by atoms with Crippen molar-refractivity contribution in [3.63, 3.8) is 0 Å². The summed E-state index contributed by atoms with van der Waals surface area (Å²) in [6, 6.07) is 18.8. The van der Waals surface area contributed by atoms with Crippen molar-refractivity contribution >= 4 is 22.5 Å². The van der Waals surface area contributed by atoms with Crippen molar-refractivity contribution < 1.29 is 4.42 Å². The molecule has 3 heterocycles. The molecule has 1 atom stereocenters. The van der Waals surface area contributed by atoms with Crippen LogP contribution >= 0.6 is 11.6 Å². The van der Waals surface area contributed by atoms with Crippen molar-refractivity contribution in [2.45, 2.75) is 52.4 Å². The van der Waals surface area contributed by atoms with Gasteiger partial charge in [-0.25, -0.2) is 4.68 Å². The third kappa shape index (κ3) is 5.21. The second-order valence-corrected chi connectivity index (χ2v) is 10.7. The number of nitrogens with one attached hydrogen (secondary N) is 1. The zero-order valence-electron chi connectivity index (χ0n) is 21.3. The number of pyridine rings is 1. The van der Waals surface area contributed by atoms with Crippen LogP contribution in [0, 0.1) is 6.92 Å². The molecule has 0 aliphatic carbocycles. The summed E-state index contributed by atoms with van der Waals surface area (Å²) in [5.41, 5.74) is 2.82. The van der Waals surface area contributed by atoms with Gasteiger partial charge in [0, 0.05) is 17.1 Å². The Morgan fingerprint density at radius 3 is 2.57 bits per heavy atom. The number of H-pyrrole nitrogens is 1. The Bertz CT molecular complexity index is 1570. The molecular weight excluding hydrogens is 488 g/mol. The van der Waals surface area contributed by atoms with Gasteiger partial charge in [0.2, 0.25) is 0 Å². The maximum atomic E-state index is 13.7. The predicted octanol–water partition coefficient (Wildman–Crippen LogP) is 5.62. The van der Waals surface area contributed by atoms with E-state index in [2.05, 4.69) is 25.4 Å². The Labute approximate surface area is 219 Å². The molecule has 9 heteroatoms. The number of benzene rings is 2. The highest BCUT2D eigenvalue weighted by Gasteiger charge is 2.34. The van der Waals surface area contributed by atoms with Crippen LogP contribution in [0.25, 0.3) is 10.9 Å². The minimum Gasteiger partial charge on any atom is -0.468 e. The van der Waals surface area contributed by atoms with Crippen molar-refractivity contribution in [1.82, 2.24) is 30.1 Å². The fourth-order valence-electron chi connectivity index (χ4n) is 4.61. The topological polar surface area (TPSA) is 92.8 Å². The number of aromatic amines is 1. The molecule has 0 aliphatic rings. The molecular formula is C28H29ClN6O2. The first-order valence-corrected chi connectivity index (χ1v) is 12.5. The molecule has 0 aliphatic heterocycles. The molecule has 0 radical (unpaired) electrons. The molecule has 1 N–H and O–H groups in total. The van der Waals surface area contributed by atoms with Crippen molar-refractivity contribution in [3.05, 3.63) is 111 Å². The Hall–Kier alpha value is -3.75. The van der Waals surface area contributed by atoms with Crippen molar-refractivity contribution in [3.8, 4) is 0 Å². The number of aromatic nitrogens is 5. The number of hydrogen-bond acceptors (Lipinski definition) is 6. The lowest BCUT2D eigenvalue weighted by Gasteiger charge is -2.32. The second-order valence-electron chi connectivity index (χ2n) is 10.2. The molecule has 5 aromatic rings. The summed E-state index contributed by atoms with van der Waals surface area (Å²) >= 11 is 6.16. The van der Waals surface area contributed by atoms with E-state index >= 15 is 0 Å². The van der Waals surface area contributed by atoms with Gasteiger partial charge in [0.05, 0.1) is 23.9 Å². The standard InChI is InChI=1S/C28H29ClN6O2/c1-18-7-5-8-20-15-23(27(36)30-24(18)20)25(26-31-32-33-35(26)28(2,3)4)34(17-22-9-6-14-37-22)16-19-10-12-21(29)13-11-19/h5-15,25H,16-17H2,1-4H3,(H,30,36)/t25-/m0/s1. The zero-order valence-corrected chi connectivity index (χ0v) is 22.0. The molecule has 0 spiro atoms. The van der Waals surface area contributed by atoms with Gasteiger partial charge in [-0.05, 0) is 85.0 Å². The van der Waals surface area contributed by atoms with E-state index in [1.54, 1.807) is 10.9 Å².